The second-order valence-electron chi connectivity index (χ2n) is 4.11. The molecule has 15 heavy (non-hydrogen) atoms. The predicted octanol–water partition coefficient (Wildman–Crippen LogP) is 0.158. The highest BCUT2D eigenvalue weighted by Crippen LogP contribution is 2.26. The molecular weight excluding hydrogens is 192 g/mol. The summed E-state index contributed by atoms with van der Waals surface area (Å²) in [6, 6.07) is 0. The van der Waals surface area contributed by atoms with Gasteiger partial charge in [0, 0.05) is 6.54 Å². The van der Waals surface area contributed by atoms with Crippen LogP contribution >= 0.6 is 0 Å². The number of hydrogen-bond acceptors (Lipinski definition) is 4. The van der Waals surface area contributed by atoms with Crippen molar-refractivity contribution in [1.29, 1.82) is 0 Å². The molecular formula is C10H18N4O. The molecule has 1 aliphatic carbocycles. The van der Waals surface area contributed by atoms with Crippen molar-refractivity contribution < 1.29 is 5.11 Å². The molecule has 0 aromatic carbocycles. The van der Waals surface area contributed by atoms with Crippen LogP contribution in [-0.2, 0) is 13.1 Å². The molecule has 1 fully saturated rings. The van der Waals surface area contributed by atoms with Gasteiger partial charge in [0.2, 0.25) is 0 Å². The maximum absolute atomic E-state index is 9.13. The van der Waals surface area contributed by atoms with Gasteiger partial charge in [0.15, 0.2) is 0 Å². The molecule has 2 N–H and O–H groups in total. The summed E-state index contributed by atoms with van der Waals surface area (Å²) in [4.78, 5) is 4.18. The minimum atomic E-state index is -0.0592. The third-order valence-corrected chi connectivity index (χ3v) is 2.92. The summed E-state index contributed by atoms with van der Waals surface area (Å²) >= 11 is 0. The fraction of sp³-hybridized carbons (Fsp3) is 0.800. The summed E-state index contributed by atoms with van der Waals surface area (Å²) < 4.78 is 1.89. The minimum absolute atomic E-state index is 0.0592. The van der Waals surface area contributed by atoms with Crippen LogP contribution in [-0.4, -0.2) is 32.5 Å². The van der Waals surface area contributed by atoms with Gasteiger partial charge >= 0.3 is 0 Å². The number of nitrogens with one attached hydrogen (secondary N) is 1. The van der Waals surface area contributed by atoms with Crippen LogP contribution in [0, 0.1) is 5.92 Å². The van der Waals surface area contributed by atoms with Crippen molar-refractivity contribution in [2.45, 2.75) is 39.0 Å². The fourth-order valence-electron chi connectivity index (χ4n) is 1.94. The largest absolute Gasteiger partial charge is 0.393 e. The molecule has 1 aromatic heterocycles. The van der Waals surface area contributed by atoms with E-state index in [1.165, 1.54) is 0 Å². The Morgan fingerprint density at radius 2 is 2.40 bits per heavy atom. The van der Waals surface area contributed by atoms with Gasteiger partial charge < -0.3 is 10.4 Å². The number of nitrogens with zero attached hydrogens (tertiary/aromatic N) is 3. The lowest BCUT2D eigenvalue weighted by atomic mass is 9.82. The van der Waals surface area contributed by atoms with Gasteiger partial charge in [0.05, 0.1) is 12.6 Å². The lowest BCUT2D eigenvalue weighted by Gasteiger charge is -2.31. The SMILES string of the molecule is CCn1ncnc1CNCC1CC(O)C1. The van der Waals surface area contributed by atoms with Crippen LogP contribution in [0.5, 0.6) is 0 Å². The smallest absolute Gasteiger partial charge is 0.140 e. The average molecular weight is 210 g/mol. The molecule has 2 rings (SSSR count). The number of aliphatic hydroxyl groups excluding tert-OH is 1. The molecule has 1 saturated carbocycles. The molecule has 0 bridgehead atoms. The molecule has 1 heterocycles. The fourth-order valence-corrected chi connectivity index (χ4v) is 1.94. The van der Waals surface area contributed by atoms with E-state index in [1.807, 2.05) is 4.68 Å². The van der Waals surface area contributed by atoms with E-state index in [-0.39, 0.29) is 6.10 Å². The van der Waals surface area contributed by atoms with E-state index >= 15 is 0 Å². The molecule has 0 saturated heterocycles. The molecule has 84 valence electrons. The molecule has 5 heteroatoms. The summed E-state index contributed by atoms with van der Waals surface area (Å²) in [6.45, 7) is 4.65. The van der Waals surface area contributed by atoms with Crippen LogP contribution in [0.4, 0.5) is 0 Å². The minimum Gasteiger partial charge on any atom is -0.393 e. The maximum atomic E-state index is 9.13. The number of aromatic nitrogens is 3. The first kappa shape index (κ1) is 10.6. The van der Waals surface area contributed by atoms with E-state index in [0.29, 0.717) is 5.92 Å². The number of hydrogen-bond donors (Lipinski definition) is 2. The molecule has 0 aliphatic heterocycles. The van der Waals surface area contributed by atoms with Crippen LogP contribution in [0.25, 0.3) is 0 Å². The Hall–Kier alpha value is -0.940. The van der Waals surface area contributed by atoms with Gasteiger partial charge in [0.1, 0.15) is 12.2 Å². The number of aliphatic hydroxyl groups is 1. The molecule has 0 spiro atoms. The Labute approximate surface area is 89.5 Å². The maximum Gasteiger partial charge on any atom is 0.140 e. The zero-order chi connectivity index (χ0) is 10.7. The second-order valence-corrected chi connectivity index (χ2v) is 4.11. The van der Waals surface area contributed by atoms with Crippen molar-refractivity contribution in [3.63, 3.8) is 0 Å². The van der Waals surface area contributed by atoms with Gasteiger partial charge in [-0.25, -0.2) is 9.67 Å². The third-order valence-electron chi connectivity index (χ3n) is 2.92. The Bertz CT molecular complexity index is 306. The summed E-state index contributed by atoms with van der Waals surface area (Å²) in [7, 11) is 0. The highest BCUT2D eigenvalue weighted by Gasteiger charge is 2.26. The van der Waals surface area contributed by atoms with Gasteiger partial charge in [0.25, 0.3) is 0 Å². The summed E-state index contributed by atoms with van der Waals surface area (Å²) in [6.07, 6.45) is 3.41. The third kappa shape index (κ3) is 2.54. The first-order valence-corrected chi connectivity index (χ1v) is 5.55. The Morgan fingerprint density at radius 1 is 1.60 bits per heavy atom. The quantitative estimate of drug-likeness (QED) is 0.726. The first-order valence-electron chi connectivity index (χ1n) is 5.55. The van der Waals surface area contributed by atoms with Gasteiger partial charge in [-0.05, 0) is 32.2 Å². The van der Waals surface area contributed by atoms with E-state index in [0.717, 1.165) is 38.3 Å². The van der Waals surface area contributed by atoms with Gasteiger partial charge in [-0.15, -0.1) is 0 Å². The van der Waals surface area contributed by atoms with Crippen molar-refractivity contribution in [2.24, 2.45) is 5.92 Å². The summed E-state index contributed by atoms with van der Waals surface area (Å²) in [5, 5.41) is 16.6. The number of rotatable bonds is 5. The van der Waals surface area contributed by atoms with Gasteiger partial charge in [-0.1, -0.05) is 0 Å². The lowest BCUT2D eigenvalue weighted by molar-refractivity contribution is 0.0428. The van der Waals surface area contributed by atoms with Crippen LogP contribution in [0.2, 0.25) is 0 Å². The van der Waals surface area contributed by atoms with E-state index in [1.54, 1.807) is 6.33 Å². The van der Waals surface area contributed by atoms with Crippen LogP contribution < -0.4 is 5.32 Å². The lowest BCUT2D eigenvalue weighted by Crippen LogP contribution is -2.36. The highest BCUT2D eigenvalue weighted by atomic mass is 16.3. The second kappa shape index (κ2) is 4.72. The van der Waals surface area contributed by atoms with E-state index in [9.17, 15) is 0 Å². The van der Waals surface area contributed by atoms with Crippen molar-refractivity contribution in [3.05, 3.63) is 12.2 Å². The van der Waals surface area contributed by atoms with Gasteiger partial charge in [-0.2, -0.15) is 5.10 Å². The normalized spacial score (nSPS) is 25.2. The molecule has 0 amide bonds. The molecule has 0 unspecified atom stereocenters. The first-order chi connectivity index (χ1) is 7.29. The molecule has 0 atom stereocenters. The molecule has 0 radical (unpaired) electrons. The molecule has 5 nitrogen and oxygen atoms in total. The Kier molecular flexibility index (Phi) is 3.33. The summed E-state index contributed by atoms with van der Waals surface area (Å²) in [5.41, 5.74) is 0. The molecule has 1 aliphatic rings. The van der Waals surface area contributed by atoms with Crippen molar-refractivity contribution in [1.82, 2.24) is 20.1 Å². The van der Waals surface area contributed by atoms with E-state index in [4.69, 9.17) is 5.11 Å². The topological polar surface area (TPSA) is 63.0 Å². The van der Waals surface area contributed by atoms with Crippen LogP contribution in [0.1, 0.15) is 25.6 Å². The van der Waals surface area contributed by atoms with E-state index < -0.39 is 0 Å². The molecule has 1 aromatic rings. The monoisotopic (exact) mass is 210 g/mol. The zero-order valence-corrected chi connectivity index (χ0v) is 9.06. The van der Waals surface area contributed by atoms with Crippen LogP contribution in [0.15, 0.2) is 6.33 Å². The predicted molar refractivity (Wildman–Crippen MR) is 56.1 cm³/mol. The van der Waals surface area contributed by atoms with Crippen molar-refractivity contribution in [2.75, 3.05) is 6.54 Å². The zero-order valence-electron chi connectivity index (χ0n) is 9.06. The summed E-state index contributed by atoms with van der Waals surface area (Å²) in [5.74, 6) is 1.62. The standard InChI is InChI=1S/C10H18N4O/c1-2-14-10(12-7-13-14)6-11-5-8-3-9(15)4-8/h7-9,11,15H,2-6H2,1H3. The van der Waals surface area contributed by atoms with E-state index in [2.05, 4.69) is 22.3 Å². The van der Waals surface area contributed by atoms with Crippen molar-refractivity contribution >= 4 is 0 Å². The van der Waals surface area contributed by atoms with Crippen LogP contribution in [0.3, 0.4) is 0 Å². The average Bonchev–Trinajstić information content (AvgIpc) is 2.62. The van der Waals surface area contributed by atoms with Crippen molar-refractivity contribution in [3.8, 4) is 0 Å². The Morgan fingerprint density at radius 3 is 3.07 bits per heavy atom. The van der Waals surface area contributed by atoms with Gasteiger partial charge in [-0.3, -0.25) is 0 Å². The highest BCUT2D eigenvalue weighted by molar-refractivity contribution is 4.85. The number of aryl methyl sites for hydroxylation is 1. The Balaban J connectivity index is 1.69.